The average Bonchev–Trinajstić information content (AvgIpc) is 2.38. The lowest BCUT2D eigenvalue weighted by Gasteiger charge is -2.12. The topological polar surface area (TPSA) is 24.9 Å². The minimum absolute atomic E-state index is 0.596. The van der Waals surface area contributed by atoms with Gasteiger partial charge in [-0.05, 0) is 49.2 Å². The number of pyridine rings is 1. The molecular weight excluding hydrogens is 208 g/mol. The van der Waals surface area contributed by atoms with E-state index in [4.69, 9.17) is 0 Å². The minimum Gasteiger partial charge on any atom is -0.317 e. The molecule has 1 unspecified atom stereocenters. The van der Waals surface area contributed by atoms with Gasteiger partial charge in [-0.2, -0.15) is 0 Å². The zero-order chi connectivity index (χ0) is 12.1. The van der Waals surface area contributed by atoms with Crippen molar-refractivity contribution in [2.45, 2.75) is 26.2 Å². The highest BCUT2D eigenvalue weighted by Crippen LogP contribution is 2.22. The predicted molar refractivity (Wildman–Crippen MR) is 73.3 cm³/mol. The largest absolute Gasteiger partial charge is 0.317 e. The third-order valence-electron chi connectivity index (χ3n) is 3.20. The van der Waals surface area contributed by atoms with Crippen molar-refractivity contribution in [1.82, 2.24) is 10.3 Å². The Kier molecular flexibility index (Phi) is 4.10. The van der Waals surface area contributed by atoms with Gasteiger partial charge in [0.25, 0.3) is 0 Å². The summed E-state index contributed by atoms with van der Waals surface area (Å²) < 4.78 is 0. The van der Waals surface area contributed by atoms with Crippen LogP contribution in [0.3, 0.4) is 0 Å². The summed E-state index contributed by atoms with van der Waals surface area (Å²) in [6.07, 6.45) is 3.02. The van der Waals surface area contributed by atoms with Crippen LogP contribution in [0.4, 0.5) is 0 Å². The van der Waals surface area contributed by atoms with Gasteiger partial charge in [0.05, 0.1) is 5.52 Å². The third-order valence-corrected chi connectivity index (χ3v) is 3.20. The Morgan fingerprint density at radius 3 is 3.00 bits per heavy atom. The van der Waals surface area contributed by atoms with E-state index < -0.39 is 0 Å². The average molecular weight is 228 g/mol. The zero-order valence-corrected chi connectivity index (χ0v) is 10.6. The summed E-state index contributed by atoms with van der Waals surface area (Å²) in [7, 11) is 0. The van der Waals surface area contributed by atoms with Crippen molar-refractivity contribution >= 4 is 10.9 Å². The van der Waals surface area contributed by atoms with Gasteiger partial charge in [-0.25, -0.2) is 0 Å². The molecule has 90 valence electrons. The van der Waals surface area contributed by atoms with Gasteiger partial charge in [0.1, 0.15) is 0 Å². The first-order valence-corrected chi connectivity index (χ1v) is 6.36. The Hall–Kier alpha value is -1.41. The number of benzene rings is 1. The lowest BCUT2D eigenvalue weighted by Crippen LogP contribution is -2.15. The predicted octanol–water partition coefficient (Wildman–Crippen LogP) is 3.34. The van der Waals surface area contributed by atoms with Crippen molar-refractivity contribution in [3.8, 4) is 0 Å². The Morgan fingerprint density at radius 2 is 2.18 bits per heavy atom. The molecule has 0 spiro atoms. The number of hydrogen-bond donors (Lipinski definition) is 1. The van der Waals surface area contributed by atoms with Crippen LogP contribution in [0.2, 0.25) is 0 Å². The molecular formula is C15H20N2. The van der Waals surface area contributed by atoms with Crippen LogP contribution >= 0.6 is 0 Å². The van der Waals surface area contributed by atoms with Crippen molar-refractivity contribution in [3.63, 3.8) is 0 Å². The second kappa shape index (κ2) is 5.78. The zero-order valence-electron chi connectivity index (χ0n) is 10.6. The molecule has 0 aliphatic heterocycles. The van der Waals surface area contributed by atoms with Gasteiger partial charge >= 0.3 is 0 Å². The first-order chi connectivity index (χ1) is 8.31. The highest BCUT2D eigenvalue weighted by molar-refractivity contribution is 5.79. The maximum Gasteiger partial charge on any atom is 0.0702 e. The molecule has 0 saturated carbocycles. The van der Waals surface area contributed by atoms with Crippen molar-refractivity contribution < 1.29 is 0 Å². The number of fused-ring (bicyclic) bond motifs is 1. The summed E-state index contributed by atoms with van der Waals surface area (Å²) in [4.78, 5) is 4.34. The van der Waals surface area contributed by atoms with Gasteiger partial charge in [-0.15, -0.1) is 0 Å². The van der Waals surface area contributed by atoms with Gasteiger partial charge in [-0.3, -0.25) is 4.98 Å². The lowest BCUT2D eigenvalue weighted by molar-refractivity contribution is 0.609. The van der Waals surface area contributed by atoms with Crippen molar-refractivity contribution in [2.75, 3.05) is 13.1 Å². The molecule has 1 atom stereocenters. The van der Waals surface area contributed by atoms with Gasteiger partial charge in [-0.1, -0.05) is 26.0 Å². The SMILES string of the molecule is CCNCCC(C)c1ccc2ncccc2c1. The second-order valence-electron chi connectivity index (χ2n) is 4.50. The van der Waals surface area contributed by atoms with Gasteiger partial charge in [0.15, 0.2) is 0 Å². The standard InChI is InChI=1S/C15H20N2/c1-3-16-10-8-12(2)13-6-7-15-14(11-13)5-4-9-17-15/h4-7,9,11-12,16H,3,8,10H2,1-2H3. The molecule has 0 radical (unpaired) electrons. The molecule has 1 heterocycles. The Bertz CT molecular complexity index is 479. The molecule has 1 aromatic heterocycles. The van der Waals surface area contributed by atoms with Gasteiger partial charge < -0.3 is 5.32 Å². The number of aromatic nitrogens is 1. The summed E-state index contributed by atoms with van der Waals surface area (Å²) in [5.41, 5.74) is 2.48. The van der Waals surface area contributed by atoms with E-state index in [1.807, 2.05) is 12.3 Å². The van der Waals surface area contributed by atoms with Crippen LogP contribution in [0.1, 0.15) is 31.7 Å². The van der Waals surface area contributed by atoms with E-state index in [-0.39, 0.29) is 0 Å². The van der Waals surface area contributed by atoms with Crippen LogP contribution in [0.5, 0.6) is 0 Å². The maximum atomic E-state index is 4.34. The normalized spacial score (nSPS) is 12.8. The van der Waals surface area contributed by atoms with Crippen molar-refractivity contribution in [3.05, 3.63) is 42.1 Å². The van der Waals surface area contributed by atoms with Gasteiger partial charge in [0.2, 0.25) is 0 Å². The molecule has 0 saturated heterocycles. The molecule has 0 amide bonds. The monoisotopic (exact) mass is 228 g/mol. The number of nitrogens with zero attached hydrogens (tertiary/aromatic N) is 1. The number of nitrogens with one attached hydrogen (secondary N) is 1. The fourth-order valence-corrected chi connectivity index (χ4v) is 2.06. The highest BCUT2D eigenvalue weighted by atomic mass is 14.8. The van der Waals surface area contributed by atoms with E-state index in [9.17, 15) is 0 Å². The van der Waals surface area contributed by atoms with Crippen LogP contribution in [0.25, 0.3) is 10.9 Å². The van der Waals surface area contributed by atoms with Crippen molar-refractivity contribution in [1.29, 1.82) is 0 Å². The molecule has 2 aromatic rings. The van der Waals surface area contributed by atoms with Crippen LogP contribution in [0, 0.1) is 0 Å². The lowest BCUT2D eigenvalue weighted by atomic mass is 9.96. The summed E-state index contributed by atoms with van der Waals surface area (Å²) in [5, 5.41) is 4.61. The summed E-state index contributed by atoms with van der Waals surface area (Å²) >= 11 is 0. The van der Waals surface area contributed by atoms with E-state index in [2.05, 4.69) is 48.4 Å². The molecule has 0 aliphatic carbocycles. The third kappa shape index (κ3) is 3.04. The van der Waals surface area contributed by atoms with E-state index in [0.717, 1.165) is 18.6 Å². The molecule has 2 rings (SSSR count). The molecule has 2 nitrogen and oxygen atoms in total. The summed E-state index contributed by atoms with van der Waals surface area (Å²) in [6, 6.07) is 10.7. The molecule has 1 N–H and O–H groups in total. The van der Waals surface area contributed by atoms with E-state index in [1.165, 1.54) is 17.4 Å². The van der Waals surface area contributed by atoms with E-state index in [1.54, 1.807) is 0 Å². The number of hydrogen-bond acceptors (Lipinski definition) is 2. The van der Waals surface area contributed by atoms with E-state index in [0.29, 0.717) is 5.92 Å². The molecule has 1 aromatic carbocycles. The van der Waals surface area contributed by atoms with Crippen LogP contribution < -0.4 is 5.32 Å². The minimum atomic E-state index is 0.596. The fourth-order valence-electron chi connectivity index (χ4n) is 2.06. The molecule has 2 heteroatoms. The van der Waals surface area contributed by atoms with Crippen LogP contribution in [-0.2, 0) is 0 Å². The molecule has 0 bridgehead atoms. The van der Waals surface area contributed by atoms with Crippen LogP contribution in [0.15, 0.2) is 36.5 Å². The second-order valence-corrected chi connectivity index (χ2v) is 4.50. The van der Waals surface area contributed by atoms with E-state index >= 15 is 0 Å². The fraction of sp³-hybridized carbons (Fsp3) is 0.400. The smallest absolute Gasteiger partial charge is 0.0702 e. The Labute approximate surface area is 103 Å². The molecule has 17 heavy (non-hydrogen) atoms. The Balaban J connectivity index is 2.12. The summed E-state index contributed by atoms with van der Waals surface area (Å²) in [6.45, 7) is 6.57. The summed E-state index contributed by atoms with van der Waals surface area (Å²) in [5.74, 6) is 0.596. The first kappa shape index (κ1) is 12.1. The number of rotatable bonds is 5. The Morgan fingerprint density at radius 1 is 1.29 bits per heavy atom. The van der Waals surface area contributed by atoms with Gasteiger partial charge in [0, 0.05) is 11.6 Å². The van der Waals surface area contributed by atoms with Crippen LogP contribution in [-0.4, -0.2) is 18.1 Å². The molecule has 0 fully saturated rings. The quantitative estimate of drug-likeness (QED) is 0.794. The van der Waals surface area contributed by atoms with Crippen molar-refractivity contribution in [2.24, 2.45) is 0 Å². The molecule has 0 aliphatic rings. The first-order valence-electron chi connectivity index (χ1n) is 6.36. The maximum absolute atomic E-state index is 4.34. The highest BCUT2D eigenvalue weighted by Gasteiger charge is 2.05.